The Balaban J connectivity index is 1.51. The first-order valence-electron chi connectivity index (χ1n) is 10.3. The molecule has 0 saturated heterocycles. The second-order valence-corrected chi connectivity index (χ2v) is 7.17. The number of amides is 2. The van der Waals surface area contributed by atoms with Gasteiger partial charge in [-0.15, -0.1) is 0 Å². The summed E-state index contributed by atoms with van der Waals surface area (Å²) in [5, 5.41) is 7.55. The molecule has 0 atom stereocenters. The molecule has 2 amide bonds. The zero-order valence-corrected chi connectivity index (χ0v) is 17.4. The van der Waals surface area contributed by atoms with Gasteiger partial charge in [-0.25, -0.2) is 0 Å². The van der Waals surface area contributed by atoms with Crippen molar-refractivity contribution >= 4 is 46.1 Å². The molecule has 4 aromatic carbocycles. The van der Waals surface area contributed by atoms with Crippen LogP contribution in [0.2, 0.25) is 0 Å². The van der Waals surface area contributed by atoms with E-state index in [4.69, 9.17) is 0 Å². The Kier molecular flexibility index (Phi) is 6.54. The van der Waals surface area contributed by atoms with E-state index in [1.54, 1.807) is 12.2 Å². The summed E-state index contributed by atoms with van der Waals surface area (Å²) in [5.74, 6) is -0.442. The van der Waals surface area contributed by atoms with Crippen molar-refractivity contribution in [2.45, 2.75) is 0 Å². The van der Waals surface area contributed by atoms with Gasteiger partial charge in [0, 0.05) is 34.3 Å². The van der Waals surface area contributed by atoms with Crippen molar-refractivity contribution in [2.24, 2.45) is 0 Å². The van der Waals surface area contributed by atoms with Crippen LogP contribution in [0.3, 0.4) is 0 Å². The second-order valence-electron chi connectivity index (χ2n) is 7.17. The molecule has 0 aromatic heterocycles. The third kappa shape index (κ3) is 5.37. The van der Waals surface area contributed by atoms with Crippen LogP contribution in [0.15, 0.2) is 109 Å². The van der Waals surface area contributed by atoms with E-state index in [2.05, 4.69) is 10.6 Å². The average Bonchev–Trinajstić information content (AvgIpc) is 2.83. The zero-order chi connectivity index (χ0) is 22.2. The van der Waals surface area contributed by atoms with Gasteiger partial charge in [-0.3, -0.25) is 9.59 Å². The molecule has 0 fully saturated rings. The van der Waals surface area contributed by atoms with E-state index in [-0.39, 0.29) is 11.8 Å². The Morgan fingerprint density at radius 2 is 0.906 bits per heavy atom. The Labute approximate surface area is 186 Å². The molecule has 156 valence electrons. The number of carbonyl (C=O) groups excluding carboxylic acids is 2. The SMILES string of the molecule is O=C(C=Cc1ccccc1)Nc1cccc2c(NC(=O)C=Cc3ccccc3)cccc12. The first-order valence-corrected chi connectivity index (χ1v) is 10.3. The van der Waals surface area contributed by atoms with Crippen LogP contribution >= 0.6 is 0 Å². The number of anilines is 2. The topological polar surface area (TPSA) is 58.2 Å². The largest absolute Gasteiger partial charge is 0.322 e. The highest BCUT2D eigenvalue weighted by Gasteiger charge is 2.08. The van der Waals surface area contributed by atoms with E-state index in [9.17, 15) is 9.59 Å². The molecule has 0 radical (unpaired) electrons. The van der Waals surface area contributed by atoms with Crippen LogP contribution < -0.4 is 10.6 Å². The van der Waals surface area contributed by atoms with E-state index in [1.165, 1.54) is 12.2 Å². The molecule has 4 heteroatoms. The molecule has 0 heterocycles. The maximum atomic E-state index is 12.4. The lowest BCUT2D eigenvalue weighted by atomic mass is 10.1. The van der Waals surface area contributed by atoms with Crippen LogP contribution in [0.5, 0.6) is 0 Å². The van der Waals surface area contributed by atoms with E-state index < -0.39 is 0 Å². The molecule has 4 rings (SSSR count). The van der Waals surface area contributed by atoms with E-state index >= 15 is 0 Å². The van der Waals surface area contributed by atoms with Crippen LogP contribution in [0.4, 0.5) is 11.4 Å². The standard InChI is InChI=1S/C28H22N2O2/c31-27(19-17-21-9-3-1-4-10-21)29-25-15-7-14-24-23(25)13-8-16-26(24)30-28(32)20-18-22-11-5-2-6-12-22/h1-20H,(H,29,31)(H,30,32). The van der Waals surface area contributed by atoms with Gasteiger partial charge in [-0.1, -0.05) is 84.9 Å². The quantitative estimate of drug-likeness (QED) is 0.369. The predicted octanol–water partition coefficient (Wildman–Crippen LogP) is 6.14. The monoisotopic (exact) mass is 418 g/mol. The molecule has 4 aromatic rings. The highest BCUT2D eigenvalue weighted by atomic mass is 16.2. The number of rotatable bonds is 6. The van der Waals surface area contributed by atoms with E-state index in [0.29, 0.717) is 11.4 Å². The minimum Gasteiger partial charge on any atom is -0.322 e. The van der Waals surface area contributed by atoms with Crippen LogP contribution in [-0.4, -0.2) is 11.8 Å². The van der Waals surface area contributed by atoms with Crippen LogP contribution in [-0.2, 0) is 9.59 Å². The Hall–Kier alpha value is -4.44. The molecule has 32 heavy (non-hydrogen) atoms. The summed E-state index contributed by atoms with van der Waals surface area (Å²) in [7, 11) is 0. The lowest BCUT2D eigenvalue weighted by Crippen LogP contribution is -2.10. The molecule has 2 N–H and O–H groups in total. The summed E-state index contributed by atoms with van der Waals surface area (Å²) >= 11 is 0. The summed E-state index contributed by atoms with van der Waals surface area (Å²) in [6, 6.07) is 30.5. The molecular weight excluding hydrogens is 396 g/mol. The highest BCUT2D eigenvalue weighted by Crippen LogP contribution is 2.29. The minimum atomic E-state index is -0.221. The number of fused-ring (bicyclic) bond motifs is 1. The fourth-order valence-electron chi connectivity index (χ4n) is 3.35. The molecule has 0 spiro atoms. The number of carbonyl (C=O) groups is 2. The Morgan fingerprint density at radius 1 is 0.500 bits per heavy atom. The van der Waals surface area contributed by atoms with Gasteiger partial charge in [0.05, 0.1) is 0 Å². The summed E-state index contributed by atoms with van der Waals surface area (Å²) in [6.07, 6.45) is 6.55. The van der Waals surface area contributed by atoms with Crippen molar-refractivity contribution in [3.8, 4) is 0 Å². The van der Waals surface area contributed by atoms with Gasteiger partial charge >= 0.3 is 0 Å². The van der Waals surface area contributed by atoms with Crippen LogP contribution in [0.1, 0.15) is 11.1 Å². The van der Waals surface area contributed by atoms with Gasteiger partial charge in [0.2, 0.25) is 11.8 Å². The van der Waals surface area contributed by atoms with Crippen LogP contribution in [0.25, 0.3) is 22.9 Å². The zero-order valence-electron chi connectivity index (χ0n) is 17.4. The van der Waals surface area contributed by atoms with Crippen LogP contribution in [0, 0.1) is 0 Å². The number of hydrogen-bond donors (Lipinski definition) is 2. The number of hydrogen-bond acceptors (Lipinski definition) is 2. The molecule has 0 unspecified atom stereocenters. The lowest BCUT2D eigenvalue weighted by molar-refractivity contribution is -0.112. The first-order chi connectivity index (χ1) is 15.7. The van der Waals surface area contributed by atoms with Crippen molar-refractivity contribution in [3.63, 3.8) is 0 Å². The molecule has 4 nitrogen and oxygen atoms in total. The third-order valence-electron chi connectivity index (χ3n) is 4.89. The first kappa shape index (κ1) is 20.8. The van der Waals surface area contributed by atoms with Crippen molar-refractivity contribution in [2.75, 3.05) is 10.6 Å². The van der Waals surface area contributed by atoms with E-state index in [0.717, 1.165) is 21.9 Å². The third-order valence-corrected chi connectivity index (χ3v) is 4.89. The van der Waals surface area contributed by atoms with Crippen molar-refractivity contribution in [3.05, 3.63) is 120 Å². The molecule has 0 aliphatic heterocycles. The summed E-state index contributed by atoms with van der Waals surface area (Å²) < 4.78 is 0. The van der Waals surface area contributed by atoms with Gasteiger partial charge in [0.15, 0.2) is 0 Å². The van der Waals surface area contributed by atoms with Gasteiger partial charge in [0.1, 0.15) is 0 Å². The fourth-order valence-corrected chi connectivity index (χ4v) is 3.35. The summed E-state index contributed by atoms with van der Waals surface area (Å²) in [5.41, 5.74) is 3.27. The molecule has 0 saturated carbocycles. The number of nitrogens with one attached hydrogen (secondary N) is 2. The average molecular weight is 418 g/mol. The highest BCUT2D eigenvalue weighted by molar-refractivity contribution is 6.12. The molecule has 0 aliphatic rings. The predicted molar refractivity (Wildman–Crippen MR) is 132 cm³/mol. The lowest BCUT2D eigenvalue weighted by Gasteiger charge is -2.11. The molecular formula is C28H22N2O2. The van der Waals surface area contributed by atoms with Crippen molar-refractivity contribution < 1.29 is 9.59 Å². The molecule has 0 bridgehead atoms. The minimum absolute atomic E-state index is 0.221. The van der Waals surface area contributed by atoms with Gasteiger partial charge in [-0.05, 0) is 35.4 Å². The van der Waals surface area contributed by atoms with Gasteiger partial charge in [-0.2, -0.15) is 0 Å². The summed E-state index contributed by atoms with van der Waals surface area (Å²) in [6.45, 7) is 0. The van der Waals surface area contributed by atoms with Crippen molar-refractivity contribution in [1.29, 1.82) is 0 Å². The van der Waals surface area contributed by atoms with E-state index in [1.807, 2.05) is 97.1 Å². The summed E-state index contributed by atoms with van der Waals surface area (Å²) in [4.78, 5) is 24.9. The van der Waals surface area contributed by atoms with Gasteiger partial charge in [0.25, 0.3) is 0 Å². The maximum Gasteiger partial charge on any atom is 0.248 e. The maximum absolute atomic E-state index is 12.4. The second kappa shape index (κ2) is 10.0. The molecule has 0 aliphatic carbocycles. The Bertz CT molecular complexity index is 1190. The van der Waals surface area contributed by atoms with Gasteiger partial charge < -0.3 is 10.6 Å². The fraction of sp³-hybridized carbons (Fsp3) is 0. The smallest absolute Gasteiger partial charge is 0.248 e. The Morgan fingerprint density at radius 3 is 1.31 bits per heavy atom. The van der Waals surface area contributed by atoms with Crippen molar-refractivity contribution in [1.82, 2.24) is 0 Å². The number of benzene rings is 4. The normalized spacial score (nSPS) is 11.1.